The molecule has 0 saturated heterocycles. The molecule has 0 fully saturated rings. The van der Waals surface area contributed by atoms with E-state index in [4.69, 9.17) is 16.3 Å². The molecule has 0 saturated carbocycles. The van der Waals surface area contributed by atoms with Crippen LogP contribution in [0.15, 0.2) is 12.1 Å². The maximum absolute atomic E-state index is 5.92. The van der Waals surface area contributed by atoms with Gasteiger partial charge in [0, 0.05) is 6.07 Å². The van der Waals surface area contributed by atoms with Crippen LogP contribution in [0.3, 0.4) is 0 Å². The largest absolute Gasteiger partial charge is 0.478 e. The summed E-state index contributed by atoms with van der Waals surface area (Å²) in [4.78, 5) is 4.13. The van der Waals surface area contributed by atoms with Crippen LogP contribution < -0.4 is 4.74 Å². The predicted octanol–water partition coefficient (Wildman–Crippen LogP) is 4.04. The number of aromatic nitrogens is 1. The van der Waals surface area contributed by atoms with Crippen molar-refractivity contribution in [2.75, 3.05) is 6.61 Å². The maximum Gasteiger partial charge on any atom is 0.214 e. The van der Waals surface area contributed by atoms with Gasteiger partial charge in [0.1, 0.15) is 5.15 Å². The van der Waals surface area contributed by atoms with Gasteiger partial charge >= 0.3 is 0 Å². The Morgan fingerprint density at radius 3 is 2.73 bits per heavy atom. The molecule has 1 aromatic rings. The Kier molecular flexibility index (Phi) is 4.89. The molecule has 15 heavy (non-hydrogen) atoms. The lowest BCUT2D eigenvalue weighted by atomic mass is 10.1. The monoisotopic (exact) mass is 227 g/mol. The number of hydrogen-bond acceptors (Lipinski definition) is 2. The molecule has 0 unspecified atom stereocenters. The molecule has 0 atom stereocenters. The van der Waals surface area contributed by atoms with E-state index in [0.717, 1.165) is 12.8 Å². The van der Waals surface area contributed by atoms with Crippen molar-refractivity contribution in [3.8, 4) is 5.88 Å². The first-order valence-corrected chi connectivity index (χ1v) is 5.81. The summed E-state index contributed by atoms with van der Waals surface area (Å²) in [7, 11) is 0. The molecule has 0 aliphatic carbocycles. The lowest BCUT2D eigenvalue weighted by Gasteiger charge is -2.09. The van der Waals surface area contributed by atoms with Gasteiger partial charge in [-0.15, -0.1) is 0 Å². The van der Waals surface area contributed by atoms with Gasteiger partial charge in [0.05, 0.1) is 6.61 Å². The van der Waals surface area contributed by atoms with Crippen molar-refractivity contribution in [2.24, 2.45) is 0 Å². The van der Waals surface area contributed by atoms with Crippen LogP contribution in [0.25, 0.3) is 0 Å². The van der Waals surface area contributed by atoms with E-state index < -0.39 is 0 Å². The smallest absolute Gasteiger partial charge is 0.214 e. The van der Waals surface area contributed by atoms with Crippen molar-refractivity contribution >= 4 is 11.6 Å². The van der Waals surface area contributed by atoms with E-state index in [-0.39, 0.29) is 0 Å². The van der Waals surface area contributed by atoms with E-state index in [1.54, 1.807) is 0 Å². The van der Waals surface area contributed by atoms with E-state index >= 15 is 0 Å². The van der Waals surface area contributed by atoms with Crippen molar-refractivity contribution in [1.82, 2.24) is 4.98 Å². The Balaban J connectivity index is 2.71. The predicted molar refractivity (Wildman–Crippen MR) is 63.7 cm³/mol. The van der Waals surface area contributed by atoms with Gasteiger partial charge in [-0.1, -0.05) is 38.8 Å². The summed E-state index contributed by atoms with van der Waals surface area (Å²) >= 11 is 5.92. The first-order valence-electron chi connectivity index (χ1n) is 5.43. The third kappa shape index (κ3) is 4.08. The highest BCUT2D eigenvalue weighted by atomic mass is 35.5. The lowest BCUT2D eigenvalue weighted by molar-refractivity contribution is 0.297. The summed E-state index contributed by atoms with van der Waals surface area (Å²) in [5.41, 5.74) is 1.17. The molecule has 0 N–H and O–H groups in total. The quantitative estimate of drug-likeness (QED) is 0.560. The van der Waals surface area contributed by atoms with E-state index in [1.807, 2.05) is 12.1 Å². The van der Waals surface area contributed by atoms with Crippen LogP contribution in [0.1, 0.15) is 45.1 Å². The summed E-state index contributed by atoms with van der Waals surface area (Å²) in [6, 6.07) is 3.85. The number of unbranched alkanes of at least 4 members (excludes halogenated alkanes) is 1. The molecule has 0 bridgehead atoms. The normalized spacial score (nSPS) is 10.7. The average Bonchev–Trinajstić information content (AvgIpc) is 2.17. The van der Waals surface area contributed by atoms with Gasteiger partial charge in [0.25, 0.3) is 0 Å². The highest BCUT2D eigenvalue weighted by molar-refractivity contribution is 6.29. The van der Waals surface area contributed by atoms with Gasteiger partial charge in [0.2, 0.25) is 5.88 Å². The summed E-state index contributed by atoms with van der Waals surface area (Å²) in [5.74, 6) is 1.08. The third-order valence-corrected chi connectivity index (χ3v) is 2.40. The van der Waals surface area contributed by atoms with Crippen molar-refractivity contribution in [3.05, 3.63) is 22.8 Å². The summed E-state index contributed by atoms with van der Waals surface area (Å²) in [5, 5.41) is 0.507. The third-order valence-electron chi connectivity index (χ3n) is 2.21. The molecule has 0 aliphatic rings. The minimum Gasteiger partial charge on any atom is -0.478 e. The standard InChI is InChI=1S/C12H18ClNO/c1-4-5-6-15-12-8-10(9(2)3)7-11(13)14-12/h7-9H,4-6H2,1-3H3. The topological polar surface area (TPSA) is 22.1 Å². The molecule has 0 spiro atoms. The second-order valence-corrected chi connectivity index (χ2v) is 4.31. The van der Waals surface area contributed by atoms with Crippen LogP contribution in [0.2, 0.25) is 5.15 Å². The highest BCUT2D eigenvalue weighted by Gasteiger charge is 2.05. The molecular formula is C12H18ClNO. The maximum atomic E-state index is 5.92. The molecule has 0 amide bonds. The Hall–Kier alpha value is -0.760. The number of pyridine rings is 1. The second kappa shape index (κ2) is 5.96. The first-order chi connectivity index (χ1) is 7.13. The Morgan fingerprint density at radius 2 is 2.13 bits per heavy atom. The number of ether oxygens (including phenoxy) is 1. The lowest BCUT2D eigenvalue weighted by Crippen LogP contribution is -2.00. The highest BCUT2D eigenvalue weighted by Crippen LogP contribution is 2.22. The zero-order valence-corrected chi connectivity index (χ0v) is 10.3. The number of halogens is 1. The molecular weight excluding hydrogens is 210 g/mol. The molecule has 0 aromatic carbocycles. The van der Waals surface area contributed by atoms with Crippen molar-refractivity contribution in [3.63, 3.8) is 0 Å². The molecule has 1 heterocycles. The van der Waals surface area contributed by atoms with Crippen LogP contribution in [-0.2, 0) is 0 Å². The molecule has 1 rings (SSSR count). The molecule has 3 heteroatoms. The Bertz CT molecular complexity index is 312. The van der Waals surface area contributed by atoms with Gasteiger partial charge in [-0.3, -0.25) is 0 Å². The summed E-state index contributed by atoms with van der Waals surface area (Å²) in [6.07, 6.45) is 2.17. The van der Waals surface area contributed by atoms with Gasteiger partial charge < -0.3 is 4.74 Å². The Morgan fingerprint density at radius 1 is 1.40 bits per heavy atom. The first kappa shape index (κ1) is 12.3. The van der Waals surface area contributed by atoms with E-state index in [9.17, 15) is 0 Å². The average molecular weight is 228 g/mol. The van der Waals surface area contributed by atoms with E-state index in [2.05, 4.69) is 25.8 Å². The summed E-state index contributed by atoms with van der Waals surface area (Å²) < 4.78 is 5.52. The SMILES string of the molecule is CCCCOc1cc(C(C)C)cc(Cl)n1. The minimum atomic E-state index is 0.444. The number of nitrogens with zero attached hydrogens (tertiary/aromatic N) is 1. The van der Waals surface area contributed by atoms with Crippen molar-refractivity contribution in [2.45, 2.75) is 39.5 Å². The molecule has 1 aromatic heterocycles. The zero-order chi connectivity index (χ0) is 11.3. The van der Waals surface area contributed by atoms with Gasteiger partial charge in [-0.2, -0.15) is 0 Å². The number of hydrogen-bond donors (Lipinski definition) is 0. The summed E-state index contributed by atoms with van der Waals surface area (Å²) in [6.45, 7) is 7.10. The molecule has 0 radical (unpaired) electrons. The van der Waals surface area contributed by atoms with Crippen LogP contribution in [0, 0.1) is 0 Å². The van der Waals surface area contributed by atoms with Crippen molar-refractivity contribution < 1.29 is 4.74 Å². The van der Waals surface area contributed by atoms with Gasteiger partial charge in [0.15, 0.2) is 0 Å². The van der Waals surface area contributed by atoms with Gasteiger partial charge in [-0.25, -0.2) is 4.98 Å². The number of rotatable bonds is 5. The van der Waals surface area contributed by atoms with E-state index in [1.165, 1.54) is 5.56 Å². The van der Waals surface area contributed by atoms with Crippen LogP contribution in [0.5, 0.6) is 5.88 Å². The second-order valence-electron chi connectivity index (χ2n) is 3.92. The van der Waals surface area contributed by atoms with Crippen molar-refractivity contribution in [1.29, 1.82) is 0 Å². The minimum absolute atomic E-state index is 0.444. The van der Waals surface area contributed by atoms with Gasteiger partial charge in [-0.05, 0) is 24.0 Å². The molecule has 84 valence electrons. The van der Waals surface area contributed by atoms with Crippen LogP contribution >= 0.6 is 11.6 Å². The Labute approximate surface area is 96.6 Å². The fraction of sp³-hybridized carbons (Fsp3) is 0.583. The fourth-order valence-corrected chi connectivity index (χ4v) is 1.43. The molecule has 2 nitrogen and oxygen atoms in total. The van der Waals surface area contributed by atoms with E-state index in [0.29, 0.717) is 23.6 Å². The van der Waals surface area contributed by atoms with Crippen LogP contribution in [0.4, 0.5) is 0 Å². The molecule has 0 aliphatic heterocycles. The fourth-order valence-electron chi connectivity index (χ4n) is 1.22. The zero-order valence-electron chi connectivity index (χ0n) is 9.59. The van der Waals surface area contributed by atoms with Crippen LogP contribution in [-0.4, -0.2) is 11.6 Å².